The second kappa shape index (κ2) is 9.53. The first-order valence-corrected chi connectivity index (χ1v) is 15.5. The van der Waals surface area contributed by atoms with Crippen LogP contribution >= 0.6 is 0 Å². The normalized spacial score (nSPS) is 13.6. The second-order valence-electron chi connectivity index (χ2n) is 16.3. The van der Waals surface area contributed by atoms with E-state index in [1.54, 1.807) is 0 Å². The molecule has 0 fully saturated rings. The molecule has 0 saturated heterocycles. The standard InChI is InChI=1S/C39H47N2O/c1-23-29-16-24(19-37(2,3)4)12-13-27(29)31(21-39(8,9)10)36-33(23)35-34-28(14-15-41(35)11)30-18-26(20-38(5,6)7)40-22-25(30)17-32(34)42-36/h12-18,22H,19-21H2,1-11H3/q+1. The molecule has 0 saturated carbocycles. The van der Waals surface area contributed by atoms with Crippen molar-refractivity contribution in [1.82, 2.24) is 4.98 Å². The molecule has 1 aliphatic rings. The molecule has 1 aliphatic heterocycles. The monoisotopic (exact) mass is 559 g/mol. The van der Waals surface area contributed by atoms with E-state index in [0.29, 0.717) is 0 Å². The van der Waals surface area contributed by atoms with Crippen LogP contribution in [0.4, 0.5) is 0 Å². The average molecular weight is 560 g/mol. The Hall–Kier alpha value is -3.46. The van der Waals surface area contributed by atoms with Crippen molar-refractivity contribution in [2.75, 3.05) is 0 Å². The van der Waals surface area contributed by atoms with Crippen LogP contribution in [0.25, 0.3) is 43.6 Å². The highest BCUT2D eigenvalue weighted by Crippen LogP contribution is 2.53. The molecule has 5 aromatic rings. The number of fused-ring (bicyclic) bond motifs is 5. The fourth-order valence-corrected chi connectivity index (χ4v) is 6.89. The zero-order chi connectivity index (χ0) is 30.4. The fourth-order valence-electron chi connectivity index (χ4n) is 6.89. The van der Waals surface area contributed by atoms with Crippen LogP contribution in [0.2, 0.25) is 0 Å². The topological polar surface area (TPSA) is 26.0 Å². The molecule has 42 heavy (non-hydrogen) atoms. The molecule has 3 heterocycles. The minimum absolute atomic E-state index is 0.106. The van der Waals surface area contributed by atoms with Gasteiger partial charge in [-0.2, -0.15) is 0 Å². The van der Waals surface area contributed by atoms with Gasteiger partial charge in [0.25, 0.3) is 0 Å². The smallest absolute Gasteiger partial charge is 0.228 e. The number of benzene rings is 3. The fraction of sp³-hybridized carbons (Fsp3) is 0.436. The van der Waals surface area contributed by atoms with Crippen LogP contribution in [0.15, 0.2) is 48.8 Å². The summed E-state index contributed by atoms with van der Waals surface area (Å²) in [6, 6.07) is 13.9. The van der Waals surface area contributed by atoms with E-state index < -0.39 is 0 Å². The number of rotatable bonds is 3. The van der Waals surface area contributed by atoms with Crippen LogP contribution in [0.3, 0.4) is 0 Å². The Balaban J connectivity index is 1.70. The van der Waals surface area contributed by atoms with E-state index in [4.69, 9.17) is 9.72 Å². The Morgan fingerprint density at radius 1 is 0.738 bits per heavy atom. The summed E-state index contributed by atoms with van der Waals surface area (Å²) in [6.45, 7) is 23.0. The summed E-state index contributed by atoms with van der Waals surface area (Å²) in [6.07, 6.45) is 7.19. The predicted molar refractivity (Wildman–Crippen MR) is 178 cm³/mol. The quantitative estimate of drug-likeness (QED) is 0.159. The van der Waals surface area contributed by atoms with E-state index in [-0.39, 0.29) is 16.2 Å². The molecule has 0 N–H and O–H groups in total. The van der Waals surface area contributed by atoms with Gasteiger partial charge in [0.05, 0.1) is 10.9 Å². The number of pyridine rings is 2. The molecule has 3 nitrogen and oxygen atoms in total. The number of aromatic nitrogens is 2. The van der Waals surface area contributed by atoms with Crippen molar-refractivity contribution in [3.63, 3.8) is 0 Å². The van der Waals surface area contributed by atoms with Gasteiger partial charge in [-0.3, -0.25) is 4.98 Å². The summed E-state index contributed by atoms with van der Waals surface area (Å²) in [5, 5.41) is 7.46. The van der Waals surface area contributed by atoms with Gasteiger partial charge in [0.2, 0.25) is 5.69 Å². The van der Waals surface area contributed by atoms with E-state index in [0.717, 1.165) is 41.8 Å². The summed E-state index contributed by atoms with van der Waals surface area (Å²) < 4.78 is 9.36. The maximum atomic E-state index is 7.06. The number of ether oxygens (including phenoxy) is 1. The maximum Gasteiger partial charge on any atom is 0.228 e. The molecule has 0 bridgehead atoms. The van der Waals surface area contributed by atoms with Gasteiger partial charge >= 0.3 is 0 Å². The van der Waals surface area contributed by atoms with Crippen molar-refractivity contribution in [3.05, 3.63) is 71.2 Å². The molecule has 0 spiro atoms. The zero-order valence-electron chi connectivity index (χ0n) is 27.5. The lowest BCUT2D eigenvalue weighted by molar-refractivity contribution is -0.659. The Labute approximate surface area is 251 Å². The van der Waals surface area contributed by atoms with Crippen molar-refractivity contribution >= 4 is 32.3 Å². The molecule has 0 atom stereocenters. The molecule has 218 valence electrons. The highest BCUT2D eigenvalue weighted by atomic mass is 16.5. The van der Waals surface area contributed by atoms with Gasteiger partial charge in [0.1, 0.15) is 18.5 Å². The third-order valence-electron chi connectivity index (χ3n) is 8.43. The summed E-state index contributed by atoms with van der Waals surface area (Å²) >= 11 is 0. The van der Waals surface area contributed by atoms with Crippen molar-refractivity contribution in [3.8, 4) is 22.8 Å². The molecule has 3 heteroatoms. The zero-order valence-corrected chi connectivity index (χ0v) is 27.5. The molecule has 6 rings (SSSR count). The molecule has 0 unspecified atom stereocenters. The van der Waals surface area contributed by atoms with Crippen molar-refractivity contribution in [2.24, 2.45) is 23.3 Å². The lowest BCUT2D eigenvalue weighted by Crippen LogP contribution is -2.32. The number of nitrogens with zero attached hydrogens (tertiary/aromatic N) is 2. The Morgan fingerprint density at radius 2 is 1.43 bits per heavy atom. The molecular weight excluding hydrogens is 512 g/mol. The van der Waals surface area contributed by atoms with E-state index in [1.165, 1.54) is 54.9 Å². The first-order valence-electron chi connectivity index (χ1n) is 15.5. The van der Waals surface area contributed by atoms with E-state index in [9.17, 15) is 0 Å². The minimum Gasteiger partial charge on any atom is -0.455 e. The van der Waals surface area contributed by atoms with Crippen LogP contribution in [0, 0.1) is 23.2 Å². The van der Waals surface area contributed by atoms with Gasteiger partial charge in [-0.15, -0.1) is 0 Å². The summed E-state index contributed by atoms with van der Waals surface area (Å²) in [5.74, 6) is 1.95. The molecule has 0 radical (unpaired) electrons. The van der Waals surface area contributed by atoms with Crippen LogP contribution in [0.5, 0.6) is 11.5 Å². The first kappa shape index (κ1) is 28.6. The highest BCUT2D eigenvalue weighted by Gasteiger charge is 2.34. The number of hydrogen-bond donors (Lipinski definition) is 0. The molecular formula is C39H47N2O+. The largest absolute Gasteiger partial charge is 0.455 e. The lowest BCUT2D eigenvalue weighted by atomic mass is 9.80. The summed E-state index contributed by atoms with van der Waals surface area (Å²) in [4.78, 5) is 4.87. The Kier molecular flexibility index (Phi) is 6.50. The Bertz CT molecular complexity index is 1890. The summed E-state index contributed by atoms with van der Waals surface area (Å²) in [5.41, 5.74) is 8.12. The average Bonchev–Trinajstić information content (AvgIpc) is 2.85. The van der Waals surface area contributed by atoms with Gasteiger partial charge in [0.15, 0.2) is 6.20 Å². The SMILES string of the molecule is Cc1c2c(c(CC(C)(C)C)c3ccc(CC(C)(C)C)cc13)Oc1cc3cnc(CC(C)(C)C)cc3c3cc[n+](C)c-2c13. The molecule has 3 aromatic carbocycles. The predicted octanol–water partition coefficient (Wildman–Crippen LogP) is 10.2. The third-order valence-corrected chi connectivity index (χ3v) is 8.43. The van der Waals surface area contributed by atoms with Gasteiger partial charge < -0.3 is 4.74 Å². The van der Waals surface area contributed by atoms with Gasteiger partial charge in [0, 0.05) is 34.3 Å². The third kappa shape index (κ3) is 5.16. The Morgan fingerprint density at radius 3 is 2.10 bits per heavy atom. The molecule has 2 aromatic heterocycles. The van der Waals surface area contributed by atoms with Gasteiger partial charge in [-0.1, -0.05) is 80.5 Å². The first-order chi connectivity index (χ1) is 19.5. The highest BCUT2D eigenvalue weighted by molar-refractivity contribution is 6.16. The van der Waals surface area contributed by atoms with E-state index >= 15 is 0 Å². The van der Waals surface area contributed by atoms with Crippen LogP contribution in [-0.4, -0.2) is 4.98 Å². The summed E-state index contributed by atoms with van der Waals surface area (Å²) in [7, 11) is 2.18. The second-order valence-corrected chi connectivity index (χ2v) is 16.3. The lowest BCUT2D eigenvalue weighted by Gasteiger charge is -2.29. The van der Waals surface area contributed by atoms with Crippen molar-refractivity contribution < 1.29 is 9.30 Å². The van der Waals surface area contributed by atoms with E-state index in [1.807, 2.05) is 6.20 Å². The van der Waals surface area contributed by atoms with E-state index in [2.05, 4.69) is 123 Å². The van der Waals surface area contributed by atoms with Crippen molar-refractivity contribution in [1.29, 1.82) is 0 Å². The maximum absolute atomic E-state index is 7.06. The molecule has 0 aliphatic carbocycles. The van der Waals surface area contributed by atoms with Crippen LogP contribution < -0.4 is 9.30 Å². The number of aryl methyl sites for hydroxylation is 2. The van der Waals surface area contributed by atoms with Crippen LogP contribution in [-0.2, 0) is 26.3 Å². The minimum atomic E-state index is 0.106. The number of hydrogen-bond acceptors (Lipinski definition) is 2. The van der Waals surface area contributed by atoms with Crippen LogP contribution in [0.1, 0.15) is 84.7 Å². The van der Waals surface area contributed by atoms with Crippen molar-refractivity contribution in [2.45, 2.75) is 88.5 Å². The molecule has 0 amide bonds. The van der Waals surface area contributed by atoms with Gasteiger partial charge in [-0.25, -0.2) is 4.57 Å². The van der Waals surface area contributed by atoms with Gasteiger partial charge in [-0.05, 0) is 81.8 Å².